The maximum Gasteiger partial charge on any atom is 0.337 e. The Balaban J connectivity index is 1.77. The number of dihydropyridines is 1. The zero-order valence-electron chi connectivity index (χ0n) is 15.5. The SMILES string of the molecule is CC1=C(C(=O)OC2CCCC2)C(c2cccc(Br)c2)C2=C(CCCC2=O)N1. The number of ether oxygens (including phenoxy) is 1. The number of halogens is 1. The molecule has 0 saturated heterocycles. The first-order chi connectivity index (χ1) is 13.0. The van der Waals surface area contributed by atoms with Crippen LogP contribution in [-0.2, 0) is 14.3 Å². The molecule has 1 heterocycles. The van der Waals surface area contributed by atoms with Gasteiger partial charge in [0.05, 0.1) is 5.57 Å². The Morgan fingerprint density at radius 1 is 1.19 bits per heavy atom. The molecule has 0 radical (unpaired) electrons. The lowest BCUT2D eigenvalue weighted by Gasteiger charge is -2.34. The molecule has 3 aliphatic rings. The molecule has 5 heteroatoms. The first kappa shape index (κ1) is 18.5. The lowest BCUT2D eigenvalue weighted by Crippen LogP contribution is -2.35. The highest BCUT2D eigenvalue weighted by atomic mass is 79.9. The number of nitrogens with one attached hydrogen (secondary N) is 1. The topological polar surface area (TPSA) is 55.4 Å². The number of carbonyl (C=O) groups excluding carboxylic acids is 2. The Hall–Kier alpha value is -1.88. The second-order valence-electron chi connectivity index (χ2n) is 7.63. The minimum atomic E-state index is -0.361. The molecule has 1 aromatic rings. The molecule has 27 heavy (non-hydrogen) atoms. The van der Waals surface area contributed by atoms with Gasteiger partial charge in [-0.3, -0.25) is 4.79 Å². The van der Waals surface area contributed by atoms with E-state index in [9.17, 15) is 9.59 Å². The largest absolute Gasteiger partial charge is 0.459 e. The third kappa shape index (κ3) is 3.62. The molecule has 0 amide bonds. The van der Waals surface area contributed by atoms with Gasteiger partial charge in [-0.05, 0) is 63.1 Å². The number of hydrogen-bond acceptors (Lipinski definition) is 4. The molecular formula is C22H24BrNO3. The van der Waals surface area contributed by atoms with E-state index in [0.29, 0.717) is 12.0 Å². The third-order valence-corrected chi connectivity index (χ3v) is 6.25. The first-order valence-corrected chi connectivity index (χ1v) is 10.5. The van der Waals surface area contributed by atoms with Gasteiger partial charge in [-0.25, -0.2) is 4.79 Å². The third-order valence-electron chi connectivity index (χ3n) is 5.75. The lowest BCUT2D eigenvalue weighted by molar-refractivity contribution is -0.144. The number of rotatable bonds is 3. The van der Waals surface area contributed by atoms with Crippen LogP contribution in [0, 0.1) is 0 Å². The zero-order valence-corrected chi connectivity index (χ0v) is 17.1. The summed E-state index contributed by atoms with van der Waals surface area (Å²) in [6.07, 6.45) is 6.31. The van der Waals surface area contributed by atoms with Gasteiger partial charge in [0.2, 0.25) is 0 Å². The Morgan fingerprint density at radius 2 is 1.96 bits per heavy atom. The van der Waals surface area contributed by atoms with Crippen molar-refractivity contribution in [3.05, 3.63) is 56.8 Å². The van der Waals surface area contributed by atoms with Crippen molar-refractivity contribution >= 4 is 27.7 Å². The summed E-state index contributed by atoms with van der Waals surface area (Å²) in [5, 5.41) is 3.34. The molecular weight excluding hydrogens is 406 g/mol. The Kier molecular flexibility index (Phi) is 5.22. The summed E-state index contributed by atoms with van der Waals surface area (Å²) in [6, 6.07) is 7.89. The van der Waals surface area contributed by atoms with Crippen molar-refractivity contribution in [2.45, 2.75) is 63.9 Å². The van der Waals surface area contributed by atoms with Crippen LogP contribution in [0.4, 0.5) is 0 Å². The average Bonchev–Trinajstić information content (AvgIpc) is 3.13. The van der Waals surface area contributed by atoms with Crippen LogP contribution in [0.15, 0.2) is 51.3 Å². The fourth-order valence-electron chi connectivity index (χ4n) is 4.49. The van der Waals surface area contributed by atoms with E-state index in [2.05, 4.69) is 21.2 Å². The number of carbonyl (C=O) groups is 2. The first-order valence-electron chi connectivity index (χ1n) is 9.75. The van der Waals surface area contributed by atoms with E-state index in [4.69, 9.17) is 4.74 Å². The van der Waals surface area contributed by atoms with Crippen LogP contribution >= 0.6 is 15.9 Å². The van der Waals surface area contributed by atoms with Crippen molar-refractivity contribution < 1.29 is 14.3 Å². The second-order valence-corrected chi connectivity index (χ2v) is 8.55. The number of benzene rings is 1. The van der Waals surface area contributed by atoms with Crippen LogP contribution in [-0.4, -0.2) is 17.9 Å². The van der Waals surface area contributed by atoms with Crippen molar-refractivity contribution in [2.75, 3.05) is 0 Å². The molecule has 1 aromatic carbocycles. The molecule has 2 aliphatic carbocycles. The van der Waals surface area contributed by atoms with Crippen LogP contribution in [0.3, 0.4) is 0 Å². The van der Waals surface area contributed by atoms with Crippen molar-refractivity contribution in [3.8, 4) is 0 Å². The van der Waals surface area contributed by atoms with Gasteiger partial charge in [-0.2, -0.15) is 0 Å². The molecule has 1 fully saturated rings. The van der Waals surface area contributed by atoms with Crippen molar-refractivity contribution in [3.63, 3.8) is 0 Å². The van der Waals surface area contributed by atoms with Crippen molar-refractivity contribution in [1.82, 2.24) is 5.32 Å². The quantitative estimate of drug-likeness (QED) is 0.693. The summed E-state index contributed by atoms with van der Waals surface area (Å²) in [6.45, 7) is 1.92. The van der Waals surface area contributed by atoms with E-state index in [1.54, 1.807) is 0 Å². The summed E-state index contributed by atoms with van der Waals surface area (Å²) in [7, 11) is 0. The highest BCUT2D eigenvalue weighted by Gasteiger charge is 2.39. The fourth-order valence-corrected chi connectivity index (χ4v) is 4.91. The van der Waals surface area contributed by atoms with E-state index in [1.807, 2.05) is 31.2 Å². The fraction of sp³-hybridized carbons (Fsp3) is 0.455. The van der Waals surface area contributed by atoms with Crippen LogP contribution in [0.5, 0.6) is 0 Å². The summed E-state index contributed by atoms with van der Waals surface area (Å²) in [5.41, 5.74) is 4.03. The lowest BCUT2D eigenvalue weighted by atomic mass is 9.75. The number of allylic oxidation sites excluding steroid dienone is 3. The number of ketones is 1. The van der Waals surface area contributed by atoms with E-state index >= 15 is 0 Å². The maximum absolute atomic E-state index is 13.1. The summed E-state index contributed by atoms with van der Waals surface area (Å²) in [5.74, 6) is -0.519. The molecule has 1 saturated carbocycles. The minimum Gasteiger partial charge on any atom is -0.459 e. The summed E-state index contributed by atoms with van der Waals surface area (Å²) >= 11 is 3.53. The molecule has 0 aromatic heterocycles. The molecule has 4 rings (SSSR count). The molecule has 1 aliphatic heterocycles. The van der Waals surface area contributed by atoms with Gasteiger partial charge < -0.3 is 10.1 Å². The molecule has 1 N–H and O–H groups in total. The Morgan fingerprint density at radius 3 is 2.70 bits per heavy atom. The number of esters is 1. The Labute approximate surface area is 168 Å². The van der Waals surface area contributed by atoms with Crippen LogP contribution in [0.25, 0.3) is 0 Å². The summed E-state index contributed by atoms with van der Waals surface area (Å²) < 4.78 is 6.77. The molecule has 0 spiro atoms. The smallest absolute Gasteiger partial charge is 0.337 e. The van der Waals surface area contributed by atoms with Crippen LogP contribution in [0.2, 0.25) is 0 Å². The van der Waals surface area contributed by atoms with Gasteiger partial charge in [0.15, 0.2) is 5.78 Å². The number of hydrogen-bond donors (Lipinski definition) is 1. The molecule has 0 bridgehead atoms. The zero-order chi connectivity index (χ0) is 19.0. The molecule has 1 unspecified atom stereocenters. The van der Waals surface area contributed by atoms with E-state index < -0.39 is 0 Å². The van der Waals surface area contributed by atoms with Gasteiger partial charge in [-0.15, -0.1) is 0 Å². The van der Waals surface area contributed by atoms with Gasteiger partial charge >= 0.3 is 5.97 Å². The van der Waals surface area contributed by atoms with Crippen LogP contribution < -0.4 is 5.32 Å². The molecule has 142 valence electrons. The summed E-state index contributed by atoms with van der Waals surface area (Å²) in [4.78, 5) is 26.0. The van der Waals surface area contributed by atoms with Crippen LogP contribution in [0.1, 0.15) is 63.4 Å². The second kappa shape index (κ2) is 7.63. The van der Waals surface area contributed by atoms with Gasteiger partial charge in [0.1, 0.15) is 6.10 Å². The Bertz CT molecular complexity index is 849. The van der Waals surface area contributed by atoms with E-state index in [0.717, 1.165) is 65.5 Å². The van der Waals surface area contributed by atoms with Crippen molar-refractivity contribution in [1.29, 1.82) is 0 Å². The standard InChI is InChI=1S/C22H24BrNO3/c1-13-19(22(26)27-16-8-2-3-9-16)20(14-6-4-7-15(23)12-14)21-17(24-13)10-5-11-18(21)25/h4,6-7,12,16,20,24H,2-3,5,8-11H2,1H3. The highest BCUT2D eigenvalue weighted by molar-refractivity contribution is 9.10. The van der Waals surface area contributed by atoms with Gasteiger partial charge in [0.25, 0.3) is 0 Å². The van der Waals surface area contributed by atoms with Gasteiger partial charge in [0, 0.05) is 33.8 Å². The predicted molar refractivity (Wildman–Crippen MR) is 107 cm³/mol. The minimum absolute atomic E-state index is 0.00149. The van der Waals surface area contributed by atoms with E-state index in [1.165, 1.54) is 0 Å². The monoisotopic (exact) mass is 429 g/mol. The predicted octanol–water partition coefficient (Wildman–Crippen LogP) is 4.90. The molecule has 1 atom stereocenters. The molecule has 4 nitrogen and oxygen atoms in total. The maximum atomic E-state index is 13.1. The van der Waals surface area contributed by atoms with Crippen molar-refractivity contribution in [2.24, 2.45) is 0 Å². The normalized spacial score (nSPS) is 23.3. The average molecular weight is 430 g/mol. The van der Waals surface area contributed by atoms with E-state index in [-0.39, 0.29) is 23.8 Å². The van der Waals surface area contributed by atoms with Gasteiger partial charge in [-0.1, -0.05) is 28.1 Å². The number of Topliss-reactive ketones (excluding diaryl/α,β-unsaturated/α-hetero) is 1. The highest BCUT2D eigenvalue weighted by Crippen LogP contribution is 2.43.